The van der Waals surface area contributed by atoms with E-state index in [1.54, 1.807) is 42.5 Å². The van der Waals surface area contributed by atoms with Crippen molar-refractivity contribution in [2.75, 3.05) is 33.3 Å². The largest absolute Gasteiger partial charge is 0.497 e. The van der Waals surface area contributed by atoms with Crippen molar-refractivity contribution in [1.29, 1.82) is 0 Å². The van der Waals surface area contributed by atoms with Gasteiger partial charge in [0.25, 0.3) is 5.91 Å². The number of amides is 1. The first kappa shape index (κ1) is 22.4. The van der Waals surface area contributed by atoms with E-state index >= 15 is 0 Å². The molecule has 11 heteroatoms. The molecule has 0 bridgehead atoms. The molecule has 0 saturated carbocycles. The fourth-order valence-electron chi connectivity index (χ4n) is 4.52. The zero-order chi connectivity index (χ0) is 24.6. The molecule has 1 fully saturated rings. The van der Waals surface area contributed by atoms with Gasteiger partial charge in [0.1, 0.15) is 5.75 Å². The lowest BCUT2D eigenvalue weighted by atomic mass is 10.0. The molecular formula is C25H23N5O5S. The van der Waals surface area contributed by atoms with Gasteiger partial charge in [-0.1, -0.05) is 23.5 Å². The molecule has 1 saturated heterocycles. The number of carbonyl (C=O) groups is 1. The molecule has 10 nitrogen and oxygen atoms in total. The van der Waals surface area contributed by atoms with Crippen LogP contribution in [0.5, 0.6) is 11.6 Å². The standard InChI is InChI=1S/C25H23N5O5S/c1-33-17-6-2-5-16(15-17)20(28-9-11-29(12-10-28)23(31)19-8-4-14-35-19)21-24(32)30-25(36-21)26-22(27-30)18-7-3-13-34-18/h2-8,13-15,20,32H,9-12H2,1H3/t20-/m1/s1. The molecule has 0 radical (unpaired) electrons. The smallest absolute Gasteiger partial charge is 0.289 e. The van der Waals surface area contributed by atoms with Gasteiger partial charge in [0.2, 0.25) is 16.7 Å². The van der Waals surface area contributed by atoms with Crippen LogP contribution in [-0.4, -0.2) is 68.7 Å². The van der Waals surface area contributed by atoms with Gasteiger partial charge >= 0.3 is 0 Å². The molecule has 36 heavy (non-hydrogen) atoms. The summed E-state index contributed by atoms with van der Waals surface area (Å²) >= 11 is 1.38. The van der Waals surface area contributed by atoms with Crippen molar-refractivity contribution in [2.45, 2.75) is 6.04 Å². The van der Waals surface area contributed by atoms with Gasteiger partial charge in [-0.2, -0.15) is 9.50 Å². The van der Waals surface area contributed by atoms with Crippen LogP contribution in [0, 0.1) is 0 Å². The first-order valence-corrected chi connectivity index (χ1v) is 12.3. The number of hydrogen-bond acceptors (Lipinski definition) is 9. The minimum atomic E-state index is -0.276. The summed E-state index contributed by atoms with van der Waals surface area (Å²) < 4.78 is 17.6. The Labute approximate surface area is 209 Å². The van der Waals surface area contributed by atoms with Crippen molar-refractivity contribution in [3.8, 4) is 23.2 Å². The predicted molar refractivity (Wildman–Crippen MR) is 131 cm³/mol. The fraction of sp³-hybridized carbons (Fsp3) is 0.240. The molecular weight excluding hydrogens is 482 g/mol. The van der Waals surface area contributed by atoms with Crippen molar-refractivity contribution in [3.63, 3.8) is 0 Å². The number of carbonyl (C=O) groups excluding carboxylic acids is 1. The summed E-state index contributed by atoms with van der Waals surface area (Å²) in [4.78, 5) is 22.6. The van der Waals surface area contributed by atoms with Gasteiger partial charge in [0.15, 0.2) is 11.5 Å². The number of thiazole rings is 1. The fourth-order valence-corrected chi connectivity index (χ4v) is 5.63. The molecule has 1 aliphatic heterocycles. The third-order valence-corrected chi connectivity index (χ3v) is 7.37. The highest BCUT2D eigenvalue weighted by atomic mass is 32.1. The van der Waals surface area contributed by atoms with E-state index in [9.17, 15) is 9.90 Å². The van der Waals surface area contributed by atoms with Crippen LogP contribution in [0.15, 0.2) is 69.9 Å². The molecule has 6 rings (SSSR count). The monoisotopic (exact) mass is 505 g/mol. The van der Waals surface area contributed by atoms with Gasteiger partial charge in [-0.15, -0.1) is 5.10 Å². The van der Waals surface area contributed by atoms with Crippen LogP contribution in [0.4, 0.5) is 0 Å². The molecule has 5 aromatic rings. The number of fused-ring (bicyclic) bond motifs is 1. The maximum atomic E-state index is 12.8. The van der Waals surface area contributed by atoms with Gasteiger partial charge < -0.3 is 23.6 Å². The summed E-state index contributed by atoms with van der Waals surface area (Å²) in [6.07, 6.45) is 3.06. The second-order valence-electron chi connectivity index (χ2n) is 8.38. The number of benzene rings is 1. The number of methoxy groups -OCH3 is 1. The minimum absolute atomic E-state index is 0.0298. The van der Waals surface area contributed by atoms with Gasteiger partial charge in [-0.3, -0.25) is 9.69 Å². The Hall–Kier alpha value is -4.09. The third-order valence-electron chi connectivity index (χ3n) is 6.30. The number of ether oxygens (including phenoxy) is 1. The number of hydrogen-bond donors (Lipinski definition) is 1. The molecule has 1 atom stereocenters. The predicted octanol–water partition coefficient (Wildman–Crippen LogP) is 3.91. The summed E-state index contributed by atoms with van der Waals surface area (Å²) in [7, 11) is 1.63. The zero-order valence-electron chi connectivity index (χ0n) is 19.4. The summed E-state index contributed by atoms with van der Waals surface area (Å²) in [6.45, 7) is 2.28. The van der Waals surface area contributed by atoms with Crippen molar-refractivity contribution >= 4 is 22.2 Å². The van der Waals surface area contributed by atoms with E-state index in [-0.39, 0.29) is 17.8 Å². The first-order valence-electron chi connectivity index (χ1n) is 11.5. The lowest BCUT2D eigenvalue weighted by Gasteiger charge is -2.38. The molecule has 184 valence electrons. The SMILES string of the molecule is COc1cccc([C@H](c2sc3nc(-c4ccco4)nn3c2O)N2CCN(C(=O)c3ccco3)CC2)c1. The van der Waals surface area contributed by atoms with Crippen LogP contribution in [0.2, 0.25) is 0 Å². The maximum Gasteiger partial charge on any atom is 0.289 e. The Kier molecular flexibility index (Phi) is 5.70. The number of piperazine rings is 1. The second kappa shape index (κ2) is 9.17. The topological polar surface area (TPSA) is 109 Å². The number of aromatic hydroxyl groups is 1. The average molecular weight is 506 g/mol. The molecule has 0 unspecified atom stereocenters. The van der Waals surface area contributed by atoms with E-state index in [2.05, 4.69) is 15.0 Å². The Balaban J connectivity index is 1.33. The Bertz CT molecular complexity index is 1480. The van der Waals surface area contributed by atoms with Gasteiger partial charge in [-0.25, -0.2) is 0 Å². The van der Waals surface area contributed by atoms with Crippen molar-refractivity contribution in [3.05, 3.63) is 77.3 Å². The number of nitrogens with zero attached hydrogens (tertiary/aromatic N) is 5. The molecule has 1 aliphatic rings. The molecule has 0 aliphatic carbocycles. The third kappa shape index (κ3) is 3.91. The number of furan rings is 2. The van der Waals surface area contributed by atoms with E-state index < -0.39 is 0 Å². The van der Waals surface area contributed by atoms with Gasteiger partial charge in [0.05, 0.1) is 30.6 Å². The van der Waals surface area contributed by atoms with Crippen LogP contribution < -0.4 is 4.74 Å². The van der Waals surface area contributed by atoms with E-state index in [1.165, 1.54) is 22.1 Å². The lowest BCUT2D eigenvalue weighted by molar-refractivity contribution is 0.0567. The van der Waals surface area contributed by atoms with Crippen molar-refractivity contribution in [1.82, 2.24) is 24.4 Å². The van der Waals surface area contributed by atoms with Gasteiger partial charge in [-0.05, 0) is 42.0 Å². The zero-order valence-corrected chi connectivity index (χ0v) is 20.2. The van der Waals surface area contributed by atoms with Crippen LogP contribution in [0.3, 0.4) is 0 Å². The highest BCUT2D eigenvalue weighted by molar-refractivity contribution is 7.17. The highest BCUT2D eigenvalue weighted by Gasteiger charge is 2.33. The van der Waals surface area contributed by atoms with E-state index in [0.717, 1.165) is 16.2 Å². The van der Waals surface area contributed by atoms with Crippen LogP contribution in [0.1, 0.15) is 27.0 Å². The molecule has 1 N–H and O–H groups in total. The average Bonchev–Trinajstić information content (AvgIpc) is 3.71. The normalized spacial score (nSPS) is 15.4. The number of rotatable bonds is 6. The second-order valence-corrected chi connectivity index (χ2v) is 9.39. The van der Waals surface area contributed by atoms with Crippen LogP contribution in [-0.2, 0) is 0 Å². The van der Waals surface area contributed by atoms with E-state index in [4.69, 9.17) is 13.6 Å². The van der Waals surface area contributed by atoms with Crippen molar-refractivity contribution in [2.24, 2.45) is 0 Å². The summed E-state index contributed by atoms with van der Waals surface area (Å²) in [6, 6.07) is 14.5. The summed E-state index contributed by atoms with van der Waals surface area (Å²) in [5, 5.41) is 15.7. The van der Waals surface area contributed by atoms with Crippen LogP contribution in [0.25, 0.3) is 16.5 Å². The molecule has 0 spiro atoms. The summed E-state index contributed by atoms with van der Waals surface area (Å²) in [5.41, 5.74) is 0.964. The molecule has 1 aromatic carbocycles. The Morgan fingerprint density at radius 2 is 1.89 bits per heavy atom. The number of aromatic nitrogens is 3. The van der Waals surface area contributed by atoms with Crippen molar-refractivity contribution < 1.29 is 23.5 Å². The minimum Gasteiger partial charge on any atom is -0.497 e. The first-order chi connectivity index (χ1) is 17.6. The lowest BCUT2D eigenvalue weighted by Crippen LogP contribution is -2.49. The van der Waals surface area contributed by atoms with Gasteiger partial charge in [0, 0.05) is 26.2 Å². The van der Waals surface area contributed by atoms with E-state index in [1.807, 2.05) is 24.3 Å². The molecule has 1 amide bonds. The molecule has 4 aromatic heterocycles. The Morgan fingerprint density at radius 1 is 1.08 bits per heavy atom. The Morgan fingerprint density at radius 3 is 2.58 bits per heavy atom. The highest BCUT2D eigenvalue weighted by Crippen LogP contribution is 2.41. The quantitative estimate of drug-likeness (QED) is 0.370. The van der Waals surface area contributed by atoms with Crippen LogP contribution >= 0.6 is 11.3 Å². The maximum absolute atomic E-state index is 12.8. The molecule has 5 heterocycles. The summed E-state index contributed by atoms with van der Waals surface area (Å²) in [5.74, 6) is 1.92. The van der Waals surface area contributed by atoms with E-state index in [0.29, 0.717) is 48.5 Å².